The smallest absolute Gasteiger partial charge is 0.187 e. The summed E-state index contributed by atoms with van der Waals surface area (Å²) in [6.45, 7) is 0.706. The van der Waals surface area contributed by atoms with Crippen LogP contribution in [-0.2, 0) is 6.54 Å². The summed E-state index contributed by atoms with van der Waals surface area (Å²) in [5, 5.41) is 7.44. The first-order valence-corrected chi connectivity index (χ1v) is 6.95. The predicted molar refractivity (Wildman–Crippen MR) is 89.6 cm³/mol. The van der Waals surface area contributed by atoms with Gasteiger partial charge in [0.15, 0.2) is 5.11 Å². The Morgan fingerprint density at radius 3 is 3.00 bits per heavy atom. The number of hydrogen-bond donors (Lipinski definition) is 2. The summed E-state index contributed by atoms with van der Waals surface area (Å²) in [6.07, 6.45) is 8.41. The Labute approximate surface area is 134 Å². The second-order valence-corrected chi connectivity index (χ2v) is 4.57. The molecule has 1 aromatic carbocycles. The van der Waals surface area contributed by atoms with Crippen LogP contribution < -0.4 is 15.5 Å². The molecule has 2 aromatic rings. The van der Waals surface area contributed by atoms with E-state index in [0.717, 1.165) is 11.3 Å². The normalized spacial score (nSPS) is 10.1. The van der Waals surface area contributed by atoms with Crippen LogP contribution in [0.25, 0.3) is 0 Å². The molecule has 22 heavy (non-hydrogen) atoms. The molecule has 112 valence electrons. The number of furan rings is 1. The molecule has 0 aliphatic carbocycles. The molecular weight excluding hydrogens is 298 g/mol. The van der Waals surface area contributed by atoms with Gasteiger partial charge in [-0.1, -0.05) is 18.1 Å². The molecule has 0 saturated heterocycles. The summed E-state index contributed by atoms with van der Waals surface area (Å²) in [7, 11) is 0. The quantitative estimate of drug-likeness (QED) is 0.371. The first kappa shape index (κ1) is 15.6. The van der Waals surface area contributed by atoms with E-state index >= 15 is 0 Å². The molecule has 1 heterocycles. The number of para-hydroxylation sites is 1. The van der Waals surface area contributed by atoms with E-state index in [1.54, 1.807) is 12.5 Å². The summed E-state index contributed by atoms with van der Waals surface area (Å²) in [4.78, 5) is 0. The molecule has 0 aliphatic rings. The molecule has 0 atom stereocenters. The van der Waals surface area contributed by atoms with Gasteiger partial charge >= 0.3 is 0 Å². The molecule has 2 N–H and O–H groups in total. The Balaban J connectivity index is 1.84. The summed E-state index contributed by atoms with van der Waals surface area (Å²) in [5.74, 6) is 3.89. The van der Waals surface area contributed by atoms with Crippen molar-refractivity contribution in [1.82, 2.24) is 10.7 Å². The van der Waals surface area contributed by atoms with Crippen LogP contribution in [0.1, 0.15) is 11.3 Å². The summed E-state index contributed by atoms with van der Waals surface area (Å²) >= 11 is 5.11. The third kappa shape index (κ3) is 4.96. The molecule has 0 unspecified atom stereocenters. The number of thiocarbonyl (C=S) groups is 1. The minimum absolute atomic E-state index is 0.210. The van der Waals surface area contributed by atoms with Gasteiger partial charge in [-0.3, -0.25) is 5.43 Å². The van der Waals surface area contributed by atoms with Gasteiger partial charge in [-0.25, -0.2) is 0 Å². The van der Waals surface area contributed by atoms with Crippen molar-refractivity contribution < 1.29 is 9.15 Å². The second-order valence-electron chi connectivity index (χ2n) is 4.16. The van der Waals surface area contributed by atoms with E-state index in [2.05, 4.69) is 21.8 Å². The van der Waals surface area contributed by atoms with Crippen LogP contribution in [0.3, 0.4) is 0 Å². The van der Waals surface area contributed by atoms with Crippen molar-refractivity contribution in [3.63, 3.8) is 0 Å². The average Bonchev–Trinajstić information content (AvgIpc) is 3.05. The number of terminal acetylenes is 1. The van der Waals surface area contributed by atoms with E-state index in [-0.39, 0.29) is 6.61 Å². The maximum absolute atomic E-state index is 5.42. The highest BCUT2D eigenvalue weighted by Gasteiger charge is 2.00. The summed E-state index contributed by atoms with van der Waals surface area (Å²) in [5.41, 5.74) is 3.53. The Morgan fingerprint density at radius 1 is 1.36 bits per heavy atom. The van der Waals surface area contributed by atoms with Crippen LogP contribution in [-0.4, -0.2) is 17.9 Å². The third-order valence-electron chi connectivity index (χ3n) is 2.60. The Kier molecular flexibility index (Phi) is 6.03. The summed E-state index contributed by atoms with van der Waals surface area (Å²) < 4.78 is 10.6. The molecular formula is C16H15N3O2S. The zero-order chi connectivity index (χ0) is 15.6. The van der Waals surface area contributed by atoms with Crippen LogP contribution in [0, 0.1) is 12.3 Å². The molecule has 1 aromatic heterocycles. The molecule has 5 nitrogen and oxygen atoms in total. The maximum atomic E-state index is 5.42. The number of nitrogens with one attached hydrogen (secondary N) is 2. The number of ether oxygens (including phenoxy) is 1. The van der Waals surface area contributed by atoms with Crippen molar-refractivity contribution in [3.05, 3.63) is 54.0 Å². The van der Waals surface area contributed by atoms with Crippen LogP contribution >= 0.6 is 12.2 Å². The first-order valence-electron chi connectivity index (χ1n) is 6.54. The fraction of sp³-hybridized carbons (Fsp3) is 0.125. The van der Waals surface area contributed by atoms with Gasteiger partial charge in [0.05, 0.1) is 19.0 Å². The van der Waals surface area contributed by atoms with Crippen molar-refractivity contribution in [2.75, 3.05) is 6.61 Å². The average molecular weight is 313 g/mol. The highest BCUT2D eigenvalue weighted by atomic mass is 32.1. The minimum Gasteiger partial charge on any atom is -0.480 e. The van der Waals surface area contributed by atoms with Gasteiger partial charge in [-0.2, -0.15) is 5.10 Å². The van der Waals surface area contributed by atoms with Gasteiger partial charge in [0.1, 0.15) is 18.1 Å². The van der Waals surface area contributed by atoms with E-state index in [4.69, 9.17) is 27.8 Å². The Bertz CT molecular complexity index is 675. The lowest BCUT2D eigenvalue weighted by atomic mass is 10.2. The van der Waals surface area contributed by atoms with Crippen LogP contribution in [0.4, 0.5) is 0 Å². The standard InChI is InChI=1S/C16H15N3O2S/c1-2-9-21-15-8-4-3-6-13(15)11-18-19-16(22)17-12-14-7-5-10-20-14/h1,3-8,10-11H,9,12H2,(H2,17,19,22)/b18-11+. The first-order chi connectivity index (χ1) is 10.8. The monoisotopic (exact) mass is 313 g/mol. The topological polar surface area (TPSA) is 58.8 Å². The number of benzene rings is 1. The number of rotatable bonds is 6. The van der Waals surface area contributed by atoms with E-state index in [0.29, 0.717) is 17.4 Å². The van der Waals surface area contributed by atoms with Crippen LogP contribution in [0.15, 0.2) is 52.2 Å². The zero-order valence-corrected chi connectivity index (χ0v) is 12.6. The molecule has 6 heteroatoms. The molecule has 0 spiro atoms. The van der Waals surface area contributed by atoms with Gasteiger partial charge in [0.2, 0.25) is 0 Å². The SMILES string of the molecule is C#CCOc1ccccc1/C=N/NC(=S)NCc1ccco1. The lowest BCUT2D eigenvalue weighted by Gasteiger charge is -2.06. The molecule has 0 aliphatic heterocycles. The predicted octanol–water partition coefficient (Wildman–Crippen LogP) is 2.29. The van der Waals surface area contributed by atoms with Gasteiger partial charge < -0.3 is 14.5 Å². The highest BCUT2D eigenvalue weighted by Crippen LogP contribution is 2.15. The molecule has 0 fully saturated rings. The summed E-state index contributed by atoms with van der Waals surface area (Å²) in [6, 6.07) is 11.1. The van der Waals surface area contributed by atoms with E-state index < -0.39 is 0 Å². The van der Waals surface area contributed by atoms with Crippen molar-refractivity contribution in [1.29, 1.82) is 0 Å². The van der Waals surface area contributed by atoms with E-state index in [1.165, 1.54) is 0 Å². The van der Waals surface area contributed by atoms with Crippen LogP contribution in [0.5, 0.6) is 5.75 Å². The molecule has 0 amide bonds. The van der Waals surface area contributed by atoms with Crippen molar-refractivity contribution in [2.24, 2.45) is 5.10 Å². The Morgan fingerprint density at radius 2 is 2.23 bits per heavy atom. The van der Waals surface area contributed by atoms with E-state index in [9.17, 15) is 0 Å². The zero-order valence-electron chi connectivity index (χ0n) is 11.8. The largest absolute Gasteiger partial charge is 0.480 e. The fourth-order valence-corrected chi connectivity index (χ4v) is 1.74. The molecule has 0 saturated carbocycles. The number of hydrazone groups is 1. The molecule has 0 bridgehead atoms. The van der Waals surface area contributed by atoms with E-state index in [1.807, 2.05) is 36.4 Å². The highest BCUT2D eigenvalue weighted by molar-refractivity contribution is 7.80. The van der Waals surface area contributed by atoms with Gasteiger partial charge in [0, 0.05) is 5.56 Å². The second kappa shape index (κ2) is 8.49. The Hall–Kier alpha value is -2.78. The van der Waals surface area contributed by atoms with Gasteiger partial charge in [-0.05, 0) is 36.5 Å². The van der Waals surface area contributed by atoms with Crippen molar-refractivity contribution in [3.8, 4) is 18.1 Å². The lowest BCUT2D eigenvalue weighted by Crippen LogP contribution is -2.31. The number of hydrogen-bond acceptors (Lipinski definition) is 4. The third-order valence-corrected chi connectivity index (χ3v) is 2.84. The van der Waals surface area contributed by atoms with Crippen molar-refractivity contribution in [2.45, 2.75) is 6.54 Å². The molecule has 0 radical (unpaired) electrons. The minimum atomic E-state index is 0.210. The fourth-order valence-electron chi connectivity index (χ4n) is 1.62. The van der Waals surface area contributed by atoms with Crippen LogP contribution in [0.2, 0.25) is 0 Å². The maximum Gasteiger partial charge on any atom is 0.187 e. The van der Waals surface area contributed by atoms with Crippen molar-refractivity contribution >= 4 is 23.5 Å². The number of nitrogens with zero attached hydrogens (tertiary/aromatic N) is 1. The lowest BCUT2D eigenvalue weighted by molar-refractivity contribution is 0.370. The molecule has 2 rings (SSSR count). The van der Waals surface area contributed by atoms with Gasteiger partial charge in [-0.15, -0.1) is 6.42 Å². The van der Waals surface area contributed by atoms with Gasteiger partial charge in [0.25, 0.3) is 0 Å².